The SMILES string of the molecule is Cl.Clc1ccccc1Nc1nc(N2CCOCC2)nc(N2CCOCC2)n1. The number of para-hydroxylation sites is 1. The molecule has 0 radical (unpaired) electrons. The standard InChI is InChI=1S/C17H21ClN6O2.ClH/c18-13-3-1-2-4-14(13)19-15-20-16(23-5-9-25-10-6-23)22-17(21-15)24-7-11-26-12-8-24;/h1-4H,5-12H2,(H,19,20,21,22);1H. The summed E-state index contributed by atoms with van der Waals surface area (Å²) in [6.07, 6.45) is 0. The fourth-order valence-electron chi connectivity index (χ4n) is 2.90. The molecule has 4 rings (SSSR count). The van der Waals surface area contributed by atoms with Crippen LogP contribution in [0.3, 0.4) is 0 Å². The fourth-order valence-corrected chi connectivity index (χ4v) is 3.09. The first-order valence-corrected chi connectivity index (χ1v) is 9.10. The summed E-state index contributed by atoms with van der Waals surface area (Å²) in [7, 11) is 0. The number of halogens is 2. The third-order valence-corrected chi connectivity index (χ3v) is 4.65. The highest BCUT2D eigenvalue weighted by molar-refractivity contribution is 6.33. The maximum Gasteiger partial charge on any atom is 0.233 e. The number of anilines is 4. The highest BCUT2D eigenvalue weighted by Crippen LogP contribution is 2.25. The lowest BCUT2D eigenvalue weighted by Crippen LogP contribution is -2.40. The second-order valence-corrected chi connectivity index (χ2v) is 6.47. The Morgan fingerprint density at radius 3 is 1.85 bits per heavy atom. The average molecular weight is 413 g/mol. The summed E-state index contributed by atoms with van der Waals surface area (Å²) in [5, 5.41) is 3.84. The van der Waals surface area contributed by atoms with Crippen molar-refractivity contribution in [2.45, 2.75) is 0 Å². The van der Waals surface area contributed by atoms with Gasteiger partial charge in [0.2, 0.25) is 17.8 Å². The van der Waals surface area contributed by atoms with E-state index in [2.05, 4.69) is 25.1 Å². The Morgan fingerprint density at radius 1 is 0.815 bits per heavy atom. The number of morpholine rings is 2. The van der Waals surface area contributed by atoms with E-state index in [0.717, 1.165) is 31.9 Å². The van der Waals surface area contributed by atoms with Gasteiger partial charge < -0.3 is 24.6 Å². The molecule has 0 bridgehead atoms. The number of hydrogen-bond donors (Lipinski definition) is 1. The van der Waals surface area contributed by atoms with Crippen LogP contribution in [0.25, 0.3) is 0 Å². The molecule has 1 N–H and O–H groups in total. The molecule has 27 heavy (non-hydrogen) atoms. The van der Waals surface area contributed by atoms with Crippen LogP contribution in [0.4, 0.5) is 23.5 Å². The summed E-state index contributed by atoms with van der Waals surface area (Å²) in [5.41, 5.74) is 0.765. The van der Waals surface area contributed by atoms with Crippen LogP contribution in [0.15, 0.2) is 24.3 Å². The lowest BCUT2D eigenvalue weighted by atomic mass is 10.3. The fraction of sp³-hybridized carbons (Fsp3) is 0.471. The molecule has 2 aliphatic heterocycles. The minimum Gasteiger partial charge on any atom is -0.378 e. The zero-order chi connectivity index (χ0) is 17.8. The van der Waals surface area contributed by atoms with E-state index >= 15 is 0 Å². The lowest BCUT2D eigenvalue weighted by Gasteiger charge is -2.30. The van der Waals surface area contributed by atoms with E-state index in [4.69, 9.17) is 26.1 Å². The Labute approximate surface area is 169 Å². The van der Waals surface area contributed by atoms with Crippen LogP contribution in [0.5, 0.6) is 0 Å². The van der Waals surface area contributed by atoms with Crippen LogP contribution in [-0.2, 0) is 9.47 Å². The van der Waals surface area contributed by atoms with Crippen LogP contribution in [0.1, 0.15) is 0 Å². The molecular formula is C17H22Cl2N6O2. The molecule has 3 heterocycles. The molecule has 1 aromatic heterocycles. The average Bonchev–Trinajstić information content (AvgIpc) is 2.71. The van der Waals surface area contributed by atoms with Crippen LogP contribution >= 0.6 is 24.0 Å². The Kier molecular flexibility index (Phi) is 6.89. The van der Waals surface area contributed by atoms with Gasteiger partial charge in [0.1, 0.15) is 0 Å². The molecule has 0 unspecified atom stereocenters. The predicted octanol–water partition coefficient (Wildman–Crippen LogP) is 2.36. The van der Waals surface area contributed by atoms with Gasteiger partial charge in [0.05, 0.1) is 37.1 Å². The molecule has 10 heteroatoms. The minimum absolute atomic E-state index is 0. The third-order valence-electron chi connectivity index (χ3n) is 4.32. The monoisotopic (exact) mass is 412 g/mol. The molecular weight excluding hydrogens is 391 g/mol. The van der Waals surface area contributed by atoms with E-state index in [9.17, 15) is 0 Å². The molecule has 0 spiro atoms. The second-order valence-electron chi connectivity index (χ2n) is 6.06. The zero-order valence-electron chi connectivity index (χ0n) is 14.8. The van der Waals surface area contributed by atoms with E-state index in [1.165, 1.54) is 0 Å². The van der Waals surface area contributed by atoms with E-state index in [-0.39, 0.29) is 12.4 Å². The van der Waals surface area contributed by atoms with E-state index in [0.29, 0.717) is 49.3 Å². The Bertz CT molecular complexity index is 718. The number of rotatable bonds is 4. The van der Waals surface area contributed by atoms with Crippen molar-refractivity contribution in [3.63, 3.8) is 0 Å². The van der Waals surface area contributed by atoms with Gasteiger partial charge in [-0.15, -0.1) is 12.4 Å². The summed E-state index contributed by atoms with van der Waals surface area (Å²) < 4.78 is 10.9. The van der Waals surface area contributed by atoms with Crippen molar-refractivity contribution in [1.29, 1.82) is 0 Å². The number of ether oxygens (including phenoxy) is 2. The van der Waals surface area contributed by atoms with Crippen molar-refractivity contribution < 1.29 is 9.47 Å². The van der Waals surface area contributed by atoms with Crippen LogP contribution in [-0.4, -0.2) is 67.6 Å². The van der Waals surface area contributed by atoms with Gasteiger partial charge in [-0.05, 0) is 12.1 Å². The molecule has 1 aromatic carbocycles. The second kappa shape index (κ2) is 9.36. The van der Waals surface area contributed by atoms with Crippen molar-refractivity contribution in [3.8, 4) is 0 Å². The van der Waals surface area contributed by atoms with Crippen molar-refractivity contribution >= 4 is 47.5 Å². The Morgan fingerprint density at radius 2 is 1.33 bits per heavy atom. The third kappa shape index (κ3) is 4.90. The first-order valence-electron chi connectivity index (χ1n) is 8.72. The van der Waals surface area contributed by atoms with Crippen molar-refractivity contribution in [1.82, 2.24) is 15.0 Å². The molecule has 0 amide bonds. The van der Waals surface area contributed by atoms with Crippen LogP contribution in [0, 0.1) is 0 Å². The molecule has 2 saturated heterocycles. The first-order chi connectivity index (χ1) is 12.8. The minimum atomic E-state index is 0. The normalized spacial score (nSPS) is 17.4. The van der Waals surface area contributed by atoms with Gasteiger partial charge >= 0.3 is 0 Å². The predicted molar refractivity (Wildman–Crippen MR) is 108 cm³/mol. The van der Waals surface area contributed by atoms with Crippen LogP contribution in [0.2, 0.25) is 5.02 Å². The van der Waals surface area contributed by atoms with E-state index in [1.54, 1.807) is 0 Å². The molecule has 8 nitrogen and oxygen atoms in total. The highest BCUT2D eigenvalue weighted by Gasteiger charge is 2.20. The maximum absolute atomic E-state index is 6.26. The highest BCUT2D eigenvalue weighted by atomic mass is 35.5. The number of nitrogens with one attached hydrogen (secondary N) is 1. The quantitative estimate of drug-likeness (QED) is 0.819. The summed E-state index contributed by atoms with van der Waals surface area (Å²) in [5.74, 6) is 1.79. The van der Waals surface area contributed by atoms with E-state index < -0.39 is 0 Å². The zero-order valence-corrected chi connectivity index (χ0v) is 16.4. The molecule has 2 fully saturated rings. The number of benzene rings is 1. The summed E-state index contributed by atoms with van der Waals surface area (Å²) >= 11 is 6.26. The van der Waals surface area contributed by atoms with Crippen molar-refractivity contribution in [3.05, 3.63) is 29.3 Å². The molecule has 0 saturated carbocycles. The molecule has 0 atom stereocenters. The number of aromatic nitrogens is 3. The smallest absolute Gasteiger partial charge is 0.233 e. The maximum atomic E-state index is 6.26. The molecule has 2 aromatic rings. The summed E-state index contributed by atoms with van der Waals surface area (Å²) in [6.45, 7) is 5.74. The Hall–Kier alpha value is -1.87. The topological polar surface area (TPSA) is 75.6 Å². The number of hydrogen-bond acceptors (Lipinski definition) is 8. The van der Waals surface area contributed by atoms with Crippen LogP contribution < -0.4 is 15.1 Å². The van der Waals surface area contributed by atoms with Gasteiger partial charge in [0.25, 0.3) is 0 Å². The van der Waals surface area contributed by atoms with Gasteiger partial charge in [-0.25, -0.2) is 0 Å². The van der Waals surface area contributed by atoms with Crippen molar-refractivity contribution in [2.24, 2.45) is 0 Å². The summed E-state index contributed by atoms with van der Waals surface area (Å²) in [6, 6.07) is 7.53. The van der Waals surface area contributed by atoms with Crippen molar-refractivity contribution in [2.75, 3.05) is 67.7 Å². The van der Waals surface area contributed by atoms with Gasteiger partial charge in [-0.2, -0.15) is 15.0 Å². The van der Waals surface area contributed by atoms with Gasteiger partial charge in [-0.3, -0.25) is 0 Å². The lowest BCUT2D eigenvalue weighted by molar-refractivity contribution is 0.121. The first kappa shape index (κ1) is 19.9. The molecule has 2 aliphatic rings. The summed E-state index contributed by atoms with van der Waals surface area (Å²) in [4.78, 5) is 18.1. The molecule has 0 aliphatic carbocycles. The largest absolute Gasteiger partial charge is 0.378 e. The molecule has 146 valence electrons. The van der Waals surface area contributed by atoms with Gasteiger partial charge in [0.15, 0.2) is 0 Å². The number of nitrogens with zero attached hydrogens (tertiary/aromatic N) is 5. The van der Waals surface area contributed by atoms with Gasteiger partial charge in [-0.1, -0.05) is 23.7 Å². The van der Waals surface area contributed by atoms with Gasteiger partial charge in [0, 0.05) is 26.2 Å². The Balaban J connectivity index is 0.00000210. The van der Waals surface area contributed by atoms with E-state index in [1.807, 2.05) is 24.3 Å².